The van der Waals surface area contributed by atoms with Gasteiger partial charge in [0.2, 0.25) is 0 Å². The molecule has 0 atom stereocenters. The van der Waals surface area contributed by atoms with Crippen LogP contribution in [0.25, 0.3) is 0 Å². The Kier molecular flexibility index (Phi) is 6.26. The Bertz CT molecular complexity index is 845. The summed E-state index contributed by atoms with van der Waals surface area (Å²) in [6.45, 7) is 8.31. The zero-order valence-corrected chi connectivity index (χ0v) is 18.2. The Balaban J connectivity index is 2.37. The van der Waals surface area contributed by atoms with E-state index in [1.54, 1.807) is 24.3 Å². The van der Waals surface area contributed by atoms with Crippen molar-refractivity contribution >= 4 is 38.4 Å². The van der Waals surface area contributed by atoms with Crippen molar-refractivity contribution in [2.45, 2.75) is 31.5 Å². The quantitative estimate of drug-likeness (QED) is 0.364. The first-order valence-corrected chi connectivity index (χ1v) is 15.4. The summed E-state index contributed by atoms with van der Waals surface area (Å²) >= 11 is -2.62. The first-order valence-electron chi connectivity index (χ1n) is 7.47. The maximum atomic E-state index is 12.6. The second-order valence-electron chi connectivity index (χ2n) is 6.34. The fourth-order valence-corrected chi connectivity index (χ4v) is 10.3. The van der Waals surface area contributed by atoms with Gasteiger partial charge in [0, 0.05) is 0 Å². The molecule has 0 saturated heterocycles. The molecule has 128 valence electrons. The summed E-state index contributed by atoms with van der Waals surface area (Å²) in [6, 6.07) is 16.2. The number of hydrogen-bond donors (Lipinski definition) is 0. The molecule has 2 rings (SSSR count). The van der Waals surface area contributed by atoms with Gasteiger partial charge in [-0.15, -0.1) is 0 Å². The van der Waals surface area contributed by atoms with E-state index in [0.29, 0.717) is 0 Å². The number of aryl methyl sites for hydroxylation is 1. The Morgan fingerprint density at radius 3 is 2.08 bits per heavy atom. The van der Waals surface area contributed by atoms with Gasteiger partial charge >= 0.3 is 154 Å². The molecule has 0 spiro atoms. The van der Waals surface area contributed by atoms with Crippen molar-refractivity contribution in [1.82, 2.24) is 0 Å². The molecule has 0 heterocycles. The van der Waals surface area contributed by atoms with E-state index in [0.717, 1.165) is 9.13 Å². The molecular formula is C18H21IO3SSi. The van der Waals surface area contributed by atoms with Gasteiger partial charge in [0.05, 0.1) is 0 Å². The molecule has 0 unspecified atom stereocenters. The van der Waals surface area contributed by atoms with Crippen molar-refractivity contribution in [2.24, 2.45) is 0 Å². The summed E-state index contributed by atoms with van der Waals surface area (Å²) in [7, 11) is -5.42. The van der Waals surface area contributed by atoms with Crippen molar-refractivity contribution in [3.8, 4) is 9.47 Å². The monoisotopic (exact) mass is 472 g/mol. The number of benzene rings is 2. The van der Waals surface area contributed by atoms with Gasteiger partial charge in [0.15, 0.2) is 0 Å². The fraction of sp³-hybridized carbons (Fsp3) is 0.222. The first-order chi connectivity index (χ1) is 11.2. The number of rotatable bonds is 4. The summed E-state index contributed by atoms with van der Waals surface area (Å²) in [6.07, 6.45) is 0. The minimum absolute atomic E-state index is 0.182. The van der Waals surface area contributed by atoms with Crippen LogP contribution in [0.4, 0.5) is 0 Å². The average molecular weight is 472 g/mol. The molecule has 0 aliphatic carbocycles. The number of hydrogen-bond acceptors (Lipinski definition) is 3. The SMILES string of the molecule is Cc1ccc(S(=O)(=O)OI(C#C[Si](C)(C)C)c2ccccc2)cc1. The molecule has 0 bridgehead atoms. The van der Waals surface area contributed by atoms with Crippen LogP contribution in [0.1, 0.15) is 5.56 Å². The summed E-state index contributed by atoms with van der Waals surface area (Å²) in [4.78, 5) is 0.182. The molecule has 0 aliphatic heterocycles. The van der Waals surface area contributed by atoms with Crippen LogP contribution in [0.3, 0.4) is 0 Å². The molecule has 0 amide bonds. The van der Waals surface area contributed by atoms with Crippen molar-refractivity contribution in [1.29, 1.82) is 0 Å². The Morgan fingerprint density at radius 2 is 1.54 bits per heavy atom. The second-order valence-corrected chi connectivity index (χ2v) is 16.9. The maximum absolute atomic E-state index is 12.6. The van der Waals surface area contributed by atoms with Gasteiger partial charge in [-0.05, 0) is 0 Å². The molecule has 0 aromatic heterocycles. The third-order valence-corrected chi connectivity index (χ3v) is 10.5. The van der Waals surface area contributed by atoms with E-state index in [1.807, 2.05) is 37.3 Å². The van der Waals surface area contributed by atoms with E-state index in [4.69, 9.17) is 2.51 Å². The molecule has 2 aromatic carbocycles. The van der Waals surface area contributed by atoms with E-state index >= 15 is 0 Å². The summed E-state index contributed by atoms with van der Waals surface area (Å²) in [5.74, 6) is 0. The van der Waals surface area contributed by atoms with Crippen LogP contribution in [0.2, 0.25) is 19.6 Å². The Labute approximate surface area is 153 Å². The van der Waals surface area contributed by atoms with E-state index in [-0.39, 0.29) is 4.90 Å². The molecule has 0 fully saturated rings. The van der Waals surface area contributed by atoms with Crippen LogP contribution in [-0.2, 0) is 12.6 Å². The standard InChI is InChI=1S/C18H21IO3SSi/c1-16-10-12-18(13-11-16)23(20,21)22-19(14-15-24(2,3)4)17-8-6-5-7-9-17/h5-13H,1-4H3. The molecule has 0 N–H and O–H groups in total. The van der Waals surface area contributed by atoms with Gasteiger partial charge in [0.1, 0.15) is 0 Å². The van der Waals surface area contributed by atoms with E-state index in [2.05, 4.69) is 29.1 Å². The summed E-state index contributed by atoms with van der Waals surface area (Å²) in [5, 5.41) is 0. The van der Waals surface area contributed by atoms with Crippen molar-refractivity contribution in [3.63, 3.8) is 0 Å². The first kappa shape index (κ1) is 19.2. The normalized spacial score (nSPS) is 12.2. The second kappa shape index (κ2) is 7.83. The van der Waals surface area contributed by atoms with Crippen molar-refractivity contribution in [2.75, 3.05) is 0 Å². The van der Waals surface area contributed by atoms with Crippen molar-refractivity contribution < 1.29 is 10.9 Å². The van der Waals surface area contributed by atoms with E-state index in [1.165, 1.54) is 0 Å². The van der Waals surface area contributed by atoms with Gasteiger partial charge in [0.25, 0.3) is 0 Å². The fourth-order valence-electron chi connectivity index (χ4n) is 1.64. The third-order valence-electron chi connectivity index (χ3n) is 2.89. The van der Waals surface area contributed by atoms with Crippen LogP contribution >= 0.6 is 20.2 Å². The van der Waals surface area contributed by atoms with Gasteiger partial charge in [-0.25, -0.2) is 0 Å². The summed E-state index contributed by atoms with van der Waals surface area (Å²) in [5.41, 5.74) is 4.28. The molecule has 6 heteroatoms. The van der Waals surface area contributed by atoms with Crippen LogP contribution in [-0.4, -0.2) is 16.5 Å². The molecule has 0 aliphatic rings. The zero-order chi connectivity index (χ0) is 17.8. The molecular weight excluding hydrogens is 451 g/mol. The molecule has 0 saturated carbocycles. The molecule has 3 nitrogen and oxygen atoms in total. The molecule has 0 radical (unpaired) electrons. The minimum atomic E-state index is -3.81. The Hall–Kier alpha value is -1.14. The van der Waals surface area contributed by atoms with E-state index < -0.39 is 38.4 Å². The predicted octanol–water partition coefficient (Wildman–Crippen LogP) is 4.83. The topological polar surface area (TPSA) is 43.4 Å². The van der Waals surface area contributed by atoms with Crippen LogP contribution in [0, 0.1) is 20.0 Å². The van der Waals surface area contributed by atoms with Gasteiger partial charge in [-0.3, -0.25) is 0 Å². The van der Waals surface area contributed by atoms with Gasteiger partial charge in [-0.2, -0.15) is 0 Å². The van der Waals surface area contributed by atoms with Gasteiger partial charge in [-0.1, -0.05) is 0 Å². The molecule has 2 aromatic rings. The predicted molar refractivity (Wildman–Crippen MR) is 110 cm³/mol. The van der Waals surface area contributed by atoms with Crippen LogP contribution in [0.15, 0.2) is 59.5 Å². The Morgan fingerprint density at radius 1 is 0.958 bits per heavy atom. The molecule has 24 heavy (non-hydrogen) atoms. The van der Waals surface area contributed by atoms with Crippen LogP contribution in [0.5, 0.6) is 0 Å². The van der Waals surface area contributed by atoms with E-state index in [9.17, 15) is 8.42 Å². The van der Waals surface area contributed by atoms with Gasteiger partial charge < -0.3 is 0 Å². The van der Waals surface area contributed by atoms with Crippen molar-refractivity contribution in [3.05, 3.63) is 63.7 Å². The third kappa shape index (κ3) is 5.74. The summed E-state index contributed by atoms with van der Waals surface area (Å²) < 4.78 is 34.9. The zero-order valence-electron chi connectivity index (χ0n) is 14.2. The average Bonchev–Trinajstić information content (AvgIpc) is 2.52. The number of halogens is 1. The van der Waals surface area contributed by atoms with Crippen LogP contribution < -0.4 is 0 Å².